The van der Waals surface area contributed by atoms with E-state index in [0.29, 0.717) is 25.8 Å². The second kappa shape index (κ2) is 13.9. The van der Waals surface area contributed by atoms with Crippen LogP contribution in [-0.4, -0.2) is 84.3 Å². The summed E-state index contributed by atoms with van der Waals surface area (Å²) in [4.78, 5) is 65.7. The summed E-state index contributed by atoms with van der Waals surface area (Å²) >= 11 is 0. The number of fused-ring (bicyclic) bond motifs is 3. The molecule has 2 saturated carbocycles. The van der Waals surface area contributed by atoms with Crippen molar-refractivity contribution in [2.75, 3.05) is 25.9 Å². The third-order valence-electron chi connectivity index (χ3n) is 10.8. The van der Waals surface area contributed by atoms with Crippen LogP contribution in [0.1, 0.15) is 65.4 Å². The van der Waals surface area contributed by atoms with Gasteiger partial charge in [0.05, 0.1) is 24.8 Å². The van der Waals surface area contributed by atoms with E-state index in [1.54, 1.807) is 25.8 Å². The van der Waals surface area contributed by atoms with E-state index in [-0.39, 0.29) is 29.9 Å². The number of carbonyl (C=O) groups is 5. The summed E-state index contributed by atoms with van der Waals surface area (Å²) in [6.45, 7) is 7.02. The minimum Gasteiger partial charge on any atom is -0.481 e. The highest BCUT2D eigenvalue weighted by Gasteiger charge is 2.65. The number of sulfonamides is 1. The summed E-state index contributed by atoms with van der Waals surface area (Å²) in [5.41, 5.74) is 0.666. The summed E-state index contributed by atoms with van der Waals surface area (Å²) in [7, 11) is -0.465. The maximum atomic E-state index is 13.4. The highest BCUT2D eigenvalue weighted by atomic mass is 32.2. The van der Waals surface area contributed by atoms with Crippen LogP contribution in [0, 0.1) is 28.6 Å². The molecule has 0 saturated heterocycles. The van der Waals surface area contributed by atoms with Crippen molar-refractivity contribution < 1.29 is 37.5 Å². The summed E-state index contributed by atoms with van der Waals surface area (Å²) in [5, 5.41) is 13.0. The standard InChI is InChI=1S/C34H48N4O8S/c1-21(2)25(16-30(41)37(5)14-12-22-19-38(6)27-10-8-7-9-24(22)27)32(44)36-26(17-31(42)43)28(39)18-35-47(45,46)20-34-13-11-23(15-29(34)40)33(34,3)4/h7-10,19,21,23,25-26,35H,11-18,20H2,1-6H3,(H,36,44)(H,42,43). The molecule has 2 bridgehead atoms. The van der Waals surface area contributed by atoms with Crippen LogP contribution in [0.15, 0.2) is 30.5 Å². The maximum Gasteiger partial charge on any atom is 0.305 e. The Morgan fingerprint density at radius 2 is 1.81 bits per heavy atom. The van der Waals surface area contributed by atoms with E-state index >= 15 is 0 Å². The van der Waals surface area contributed by atoms with E-state index in [1.807, 2.05) is 55.9 Å². The Labute approximate surface area is 276 Å². The number of aliphatic carboxylic acids is 1. The van der Waals surface area contributed by atoms with Gasteiger partial charge < -0.3 is 19.9 Å². The van der Waals surface area contributed by atoms with E-state index in [2.05, 4.69) is 10.0 Å². The molecule has 2 aromatic rings. The number of ketones is 2. The minimum absolute atomic E-state index is 0.0834. The first-order valence-electron chi connectivity index (χ1n) is 16.2. The van der Waals surface area contributed by atoms with Crippen molar-refractivity contribution in [2.45, 2.75) is 72.3 Å². The molecule has 1 aromatic heterocycles. The Balaban J connectivity index is 1.36. The number of benzene rings is 1. The van der Waals surface area contributed by atoms with Crippen LogP contribution in [0.25, 0.3) is 10.9 Å². The molecule has 4 unspecified atom stereocenters. The number of likely N-dealkylation sites (N-methyl/N-ethyl adjacent to an activating group) is 1. The number of rotatable bonds is 16. The number of aryl methyl sites for hydroxylation is 1. The first-order valence-corrected chi connectivity index (χ1v) is 17.9. The van der Waals surface area contributed by atoms with E-state index in [4.69, 9.17) is 0 Å². The highest BCUT2D eigenvalue weighted by molar-refractivity contribution is 7.89. The predicted molar refractivity (Wildman–Crippen MR) is 177 cm³/mol. The van der Waals surface area contributed by atoms with Crippen LogP contribution in [0.3, 0.4) is 0 Å². The predicted octanol–water partition coefficient (Wildman–Crippen LogP) is 2.68. The van der Waals surface area contributed by atoms with Crippen molar-refractivity contribution in [1.82, 2.24) is 19.5 Å². The molecule has 2 aliphatic carbocycles. The van der Waals surface area contributed by atoms with Crippen LogP contribution >= 0.6 is 0 Å². The third kappa shape index (κ3) is 7.61. The van der Waals surface area contributed by atoms with Gasteiger partial charge in [0, 0.05) is 61.9 Å². The van der Waals surface area contributed by atoms with Gasteiger partial charge in [-0.25, -0.2) is 13.1 Å². The third-order valence-corrected chi connectivity index (χ3v) is 12.2. The van der Waals surface area contributed by atoms with Crippen molar-refractivity contribution in [2.24, 2.45) is 35.6 Å². The van der Waals surface area contributed by atoms with Crippen molar-refractivity contribution in [3.63, 3.8) is 0 Å². The lowest BCUT2D eigenvalue weighted by Gasteiger charge is -2.36. The number of carboxylic acid groups (broad SMARTS) is 1. The van der Waals surface area contributed by atoms with Gasteiger partial charge in [-0.1, -0.05) is 45.9 Å². The molecule has 2 amide bonds. The Kier molecular flexibility index (Phi) is 10.7. The zero-order valence-corrected chi connectivity index (χ0v) is 29.0. The van der Waals surface area contributed by atoms with Crippen LogP contribution in [0.4, 0.5) is 0 Å². The van der Waals surface area contributed by atoms with E-state index in [1.165, 1.54) is 0 Å². The number of aromatic nitrogens is 1. The van der Waals surface area contributed by atoms with Gasteiger partial charge in [0.15, 0.2) is 5.78 Å². The van der Waals surface area contributed by atoms with E-state index in [9.17, 15) is 37.5 Å². The number of Topliss-reactive ketones (excluding diaryl/α,β-unsaturated/α-hetero) is 2. The van der Waals surface area contributed by atoms with Gasteiger partial charge in [-0.2, -0.15) is 0 Å². The molecule has 1 heterocycles. The van der Waals surface area contributed by atoms with Gasteiger partial charge in [0.25, 0.3) is 0 Å². The van der Waals surface area contributed by atoms with Gasteiger partial charge >= 0.3 is 5.97 Å². The fraction of sp³-hybridized carbons (Fsp3) is 0.618. The average molecular weight is 673 g/mol. The largest absolute Gasteiger partial charge is 0.481 e. The van der Waals surface area contributed by atoms with Gasteiger partial charge in [-0.05, 0) is 48.1 Å². The van der Waals surface area contributed by atoms with Crippen LogP contribution < -0.4 is 10.0 Å². The molecule has 2 fully saturated rings. The fourth-order valence-corrected chi connectivity index (χ4v) is 9.29. The van der Waals surface area contributed by atoms with E-state index < -0.39 is 69.2 Å². The molecule has 2 aliphatic rings. The molecule has 1 aromatic carbocycles. The van der Waals surface area contributed by atoms with E-state index in [0.717, 1.165) is 22.9 Å². The molecule has 0 aliphatic heterocycles. The maximum absolute atomic E-state index is 13.4. The molecule has 0 radical (unpaired) electrons. The Hall–Kier alpha value is -3.58. The summed E-state index contributed by atoms with van der Waals surface area (Å²) in [5.74, 6) is -4.70. The molecule has 0 spiro atoms. The quantitative estimate of drug-likeness (QED) is 0.244. The second-order valence-corrected chi connectivity index (χ2v) is 16.1. The molecular formula is C34H48N4O8S. The lowest BCUT2D eigenvalue weighted by atomic mass is 9.70. The minimum atomic E-state index is -4.09. The fourth-order valence-electron chi connectivity index (χ4n) is 7.50. The molecule has 13 heteroatoms. The number of nitrogens with one attached hydrogen (secondary N) is 2. The Morgan fingerprint density at radius 3 is 2.40 bits per heavy atom. The molecule has 12 nitrogen and oxygen atoms in total. The van der Waals surface area contributed by atoms with Crippen LogP contribution in [-0.2, 0) is 47.5 Å². The zero-order valence-electron chi connectivity index (χ0n) is 28.2. The molecule has 3 N–H and O–H groups in total. The topological polar surface area (TPSA) is 172 Å². The van der Waals surface area contributed by atoms with Gasteiger partial charge in [0.2, 0.25) is 21.8 Å². The normalized spacial score (nSPS) is 21.6. The number of carbonyl (C=O) groups excluding carboxylic acids is 4. The average Bonchev–Trinajstić information content (AvgIpc) is 3.50. The first-order chi connectivity index (χ1) is 21.9. The molecule has 258 valence electrons. The summed E-state index contributed by atoms with van der Waals surface area (Å²) in [6.07, 6.45) is 3.30. The van der Waals surface area contributed by atoms with Gasteiger partial charge in [0.1, 0.15) is 5.78 Å². The number of nitrogens with zero attached hydrogens (tertiary/aromatic N) is 2. The lowest BCUT2D eigenvalue weighted by Crippen LogP contribution is -2.51. The monoisotopic (exact) mass is 672 g/mol. The SMILES string of the molecule is CC(C)C(CC(=O)N(C)CCc1cn(C)c2ccccc12)C(=O)NC(CC(=O)O)C(=O)CNS(=O)(=O)CC12CCC(CC1=O)C2(C)C. The molecular weight excluding hydrogens is 624 g/mol. The first kappa shape index (κ1) is 36.3. The van der Waals surface area contributed by atoms with Gasteiger partial charge in [-0.3, -0.25) is 24.0 Å². The van der Waals surface area contributed by atoms with Crippen LogP contribution in [0.5, 0.6) is 0 Å². The van der Waals surface area contributed by atoms with Crippen LogP contribution in [0.2, 0.25) is 0 Å². The number of para-hydroxylation sites is 1. The van der Waals surface area contributed by atoms with Gasteiger partial charge in [-0.15, -0.1) is 0 Å². The molecule has 47 heavy (non-hydrogen) atoms. The Morgan fingerprint density at radius 1 is 1.13 bits per heavy atom. The van der Waals surface area contributed by atoms with Crippen molar-refractivity contribution in [3.8, 4) is 0 Å². The second-order valence-electron chi connectivity index (χ2n) is 14.3. The molecule has 4 rings (SSSR count). The zero-order chi connectivity index (χ0) is 34.9. The number of amides is 2. The Bertz CT molecular complexity index is 1660. The number of hydrogen-bond donors (Lipinski definition) is 3. The van der Waals surface area contributed by atoms with Crippen molar-refractivity contribution in [3.05, 3.63) is 36.0 Å². The summed E-state index contributed by atoms with van der Waals surface area (Å²) < 4.78 is 30.5. The van der Waals surface area contributed by atoms with Crippen molar-refractivity contribution in [1.29, 1.82) is 0 Å². The summed E-state index contributed by atoms with van der Waals surface area (Å²) in [6, 6.07) is 6.48. The number of carboxylic acids is 1. The van der Waals surface area contributed by atoms with Crippen molar-refractivity contribution >= 4 is 50.3 Å². The smallest absolute Gasteiger partial charge is 0.305 e. The lowest BCUT2D eigenvalue weighted by molar-refractivity contribution is -0.141. The highest BCUT2D eigenvalue weighted by Crippen LogP contribution is 2.64. The molecule has 4 atom stereocenters. The number of hydrogen-bond acceptors (Lipinski definition) is 7.